The minimum Gasteiger partial charge on any atom is -0.397 e. The van der Waals surface area contributed by atoms with Gasteiger partial charge in [0.15, 0.2) is 5.69 Å². The number of morpholine rings is 1. The minimum atomic E-state index is 0.381. The summed E-state index contributed by atoms with van der Waals surface area (Å²) in [5.41, 5.74) is 3.72. The van der Waals surface area contributed by atoms with Gasteiger partial charge in [-0.05, 0) is 6.07 Å². The van der Waals surface area contributed by atoms with Crippen molar-refractivity contribution in [1.82, 2.24) is 19.5 Å². The molecule has 3 aromatic heterocycles. The fourth-order valence-corrected chi connectivity index (χ4v) is 3.00. The van der Waals surface area contributed by atoms with Crippen LogP contribution in [0.2, 0.25) is 0 Å². The van der Waals surface area contributed by atoms with Crippen molar-refractivity contribution in [3.63, 3.8) is 0 Å². The van der Waals surface area contributed by atoms with E-state index in [1.165, 1.54) is 0 Å². The van der Waals surface area contributed by atoms with E-state index in [9.17, 15) is 0 Å². The molecular weight excluding hydrogens is 292 g/mol. The Balaban J connectivity index is 1.88. The topological polar surface area (TPSA) is 63.3 Å². The predicted molar refractivity (Wildman–Crippen MR) is 87.6 cm³/mol. The standard InChI is InChI=1S/C16H16N6O/c1-17-16-20-12(10-21(16)2)11-9-19-15-14(11)13(3-4-18-15)22-5-7-23-8-6-22/h3-4,9-10H,5-8H2,2H3,(H,18,19). The van der Waals surface area contributed by atoms with Gasteiger partial charge in [-0.25, -0.2) is 4.98 Å². The molecule has 0 amide bonds. The summed E-state index contributed by atoms with van der Waals surface area (Å²) in [6.07, 6.45) is 5.61. The third-order valence-corrected chi connectivity index (χ3v) is 4.13. The number of anilines is 1. The Bertz CT molecular complexity index is 897. The lowest BCUT2D eigenvalue weighted by molar-refractivity contribution is 0.123. The van der Waals surface area contributed by atoms with Crippen LogP contribution in [0.15, 0.2) is 24.7 Å². The van der Waals surface area contributed by atoms with Gasteiger partial charge in [0.05, 0.1) is 30.5 Å². The van der Waals surface area contributed by atoms with Gasteiger partial charge in [-0.3, -0.25) is 0 Å². The zero-order chi connectivity index (χ0) is 15.8. The average Bonchev–Trinajstić information content (AvgIpc) is 3.18. The lowest BCUT2D eigenvalue weighted by Crippen LogP contribution is -2.36. The van der Waals surface area contributed by atoms with Crippen molar-refractivity contribution in [2.24, 2.45) is 7.05 Å². The van der Waals surface area contributed by atoms with Crippen LogP contribution in [-0.4, -0.2) is 45.8 Å². The Hall–Kier alpha value is -2.85. The third-order valence-electron chi connectivity index (χ3n) is 4.13. The molecule has 3 aromatic rings. The van der Waals surface area contributed by atoms with Crippen LogP contribution in [0.3, 0.4) is 0 Å². The van der Waals surface area contributed by atoms with E-state index in [0.29, 0.717) is 5.95 Å². The minimum absolute atomic E-state index is 0.381. The molecule has 0 aromatic carbocycles. The van der Waals surface area contributed by atoms with E-state index >= 15 is 0 Å². The van der Waals surface area contributed by atoms with Gasteiger partial charge in [0.2, 0.25) is 0 Å². The second-order valence-electron chi connectivity index (χ2n) is 5.50. The molecule has 4 heterocycles. The van der Waals surface area contributed by atoms with Crippen LogP contribution in [0, 0.1) is 6.57 Å². The number of hydrogen-bond donors (Lipinski definition) is 1. The second kappa shape index (κ2) is 5.41. The van der Waals surface area contributed by atoms with Crippen molar-refractivity contribution in [2.75, 3.05) is 31.2 Å². The summed E-state index contributed by atoms with van der Waals surface area (Å²) >= 11 is 0. The molecule has 7 nitrogen and oxygen atoms in total. The van der Waals surface area contributed by atoms with Gasteiger partial charge in [0, 0.05) is 38.1 Å². The van der Waals surface area contributed by atoms with Crippen molar-refractivity contribution < 1.29 is 4.74 Å². The Kier molecular flexibility index (Phi) is 3.24. The van der Waals surface area contributed by atoms with Crippen LogP contribution in [0.4, 0.5) is 11.6 Å². The van der Waals surface area contributed by atoms with Gasteiger partial charge >= 0.3 is 5.95 Å². The number of rotatable bonds is 2. The summed E-state index contributed by atoms with van der Waals surface area (Å²) in [6.45, 7) is 10.4. The molecule has 0 radical (unpaired) electrons. The first-order valence-corrected chi connectivity index (χ1v) is 7.48. The fraction of sp³-hybridized carbons (Fsp3) is 0.312. The van der Waals surface area contributed by atoms with E-state index in [-0.39, 0.29) is 0 Å². The number of imidazole rings is 1. The molecule has 116 valence electrons. The molecule has 1 saturated heterocycles. The van der Waals surface area contributed by atoms with Crippen molar-refractivity contribution >= 4 is 22.7 Å². The van der Waals surface area contributed by atoms with Gasteiger partial charge in [-0.1, -0.05) is 0 Å². The molecule has 1 aliphatic rings. The largest absolute Gasteiger partial charge is 0.397 e. The van der Waals surface area contributed by atoms with Crippen LogP contribution in [0.5, 0.6) is 0 Å². The van der Waals surface area contributed by atoms with Gasteiger partial charge < -0.3 is 24.0 Å². The van der Waals surface area contributed by atoms with Crippen LogP contribution in [-0.2, 0) is 11.8 Å². The SMILES string of the molecule is [C-]#[N+]c1nc(-c2c[nH]c3nccc(N4CCOCC4)c23)cn1C. The van der Waals surface area contributed by atoms with Crippen molar-refractivity contribution in [3.8, 4) is 11.3 Å². The molecule has 0 spiro atoms. The van der Waals surface area contributed by atoms with Crippen LogP contribution < -0.4 is 4.90 Å². The number of fused-ring (bicyclic) bond motifs is 1. The third kappa shape index (κ3) is 2.24. The summed E-state index contributed by atoms with van der Waals surface area (Å²) in [7, 11) is 1.83. The number of nitrogens with one attached hydrogen (secondary N) is 1. The van der Waals surface area contributed by atoms with E-state index in [1.807, 2.05) is 31.7 Å². The number of nitrogens with zero attached hydrogens (tertiary/aromatic N) is 5. The summed E-state index contributed by atoms with van der Waals surface area (Å²) in [6, 6.07) is 2.03. The molecule has 0 bridgehead atoms. The highest BCUT2D eigenvalue weighted by molar-refractivity contribution is 6.02. The average molecular weight is 308 g/mol. The normalized spacial score (nSPS) is 15.0. The van der Waals surface area contributed by atoms with E-state index in [2.05, 4.69) is 24.7 Å². The van der Waals surface area contributed by atoms with Gasteiger partial charge in [0.25, 0.3) is 0 Å². The lowest BCUT2D eigenvalue weighted by Gasteiger charge is -2.29. The van der Waals surface area contributed by atoms with E-state index in [4.69, 9.17) is 11.3 Å². The van der Waals surface area contributed by atoms with E-state index in [0.717, 1.165) is 54.3 Å². The molecule has 0 aliphatic carbocycles. The number of aromatic nitrogens is 4. The predicted octanol–water partition coefficient (Wildman–Crippen LogP) is 2.35. The molecule has 0 unspecified atom stereocenters. The first-order chi connectivity index (χ1) is 11.3. The maximum atomic E-state index is 7.19. The van der Waals surface area contributed by atoms with Crippen molar-refractivity contribution in [2.45, 2.75) is 0 Å². The number of aryl methyl sites for hydroxylation is 1. The summed E-state index contributed by atoms with van der Waals surface area (Å²) in [5, 5.41) is 1.05. The maximum absolute atomic E-state index is 7.19. The maximum Gasteiger partial charge on any atom is 0.338 e. The van der Waals surface area contributed by atoms with E-state index < -0.39 is 0 Å². The number of ether oxygens (including phenoxy) is 1. The molecule has 1 aliphatic heterocycles. The van der Waals surface area contributed by atoms with Gasteiger partial charge in [0.1, 0.15) is 5.65 Å². The zero-order valence-corrected chi connectivity index (χ0v) is 12.8. The highest BCUT2D eigenvalue weighted by atomic mass is 16.5. The van der Waals surface area contributed by atoms with Crippen molar-refractivity contribution in [1.29, 1.82) is 0 Å². The lowest BCUT2D eigenvalue weighted by atomic mass is 10.1. The molecule has 1 N–H and O–H groups in total. The number of aromatic amines is 1. The van der Waals surface area contributed by atoms with Crippen LogP contribution >= 0.6 is 0 Å². The molecule has 23 heavy (non-hydrogen) atoms. The summed E-state index contributed by atoms with van der Waals surface area (Å²) in [4.78, 5) is 17.8. The molecule has 4 rings (SSSR count). The molecule has 0 saturated carbocycles. The zero-order valence-electron chi connectivity index (χ0n) is 12.8. The summed E-state index contributed by atoms with van der Waals surface area (Å²) in [5.74, 6) is 0.381. The first-order valence-electron chi connectivity index (χ1n) is 7.48. The smallest absolute Gasteiger partial charge is 0.338 e. The Morgan fingerprint density at radius 3 is 2.91 bits per heavy atom. The number of pyridine rings is 1. The highest BCUT2D eigenvalue weighted by Crippen LogP contribution is 2.35. The molecule has 1 fully saturated rings. The fourth-order valence-electron chi connectivity index (χ4n) is 3.00. The Labute approximate surface area is 133 Å². The first kappa shape index (κ1) is 13.8. The van der Waals surface area contributed by atoms with Crippen LogP contribution in [0.25, 0.3) is 27.1 Å². The van der Waals surface area contributed by atoms with Crippen molar-refractivity contribution in [3.05, 3.63) is 36.1 Å². The van der Waals surface area contributed by atoms with Crippen LogP contribution in [0.1, 0.15) is 0 Å². The van der Waals surface area contributed by atoms with E-state index in [1.54, 1.807) is 4.57 Å². The molecule has 0 atom stereocenters. The summed E-state index contributed by atoms with van der Waals surface area (Å²) < 4.78 is 7.19. The highest BCUT2D eigenvalue weighted by Gasteiger charge is 2.21. The number of H-pyrrole nitrogens is 1. The monoisotopic (exact) mass is 308 g/mol. The van der Waals surface area contributed by atoms with Gasteiger partial charge in [-0.2, -0.15) is 0 Å². The molecule has 7 heteroatoms. The Morgan fingerprint density at radius 2 is 2.17 bits per heavy atom. The Morgan fingerprint density at radius 1 is 1.35 bits per heavy atom. The quantitative estimate of drug-likeness (QED) is 0.738. The van der Waals surface area contributed by atoms with Gasteiger partial charge in [-0.15, -0.1) is 11.6 Å². The number of hydrogen-bond acceptors (Lipinski definition) is 4. The second-order valence-corrected chi connectivity index (χ2v) is 5.50. The molecular formula is C16H16N6O.